The van der Waals surface area contributed by atoms with Crippen molar-refractivity contribution in [3.05, 3.63) is 105 Å². The molecular formula is C25H17ClN4O3. The van der Waals surface area contributed by atoms with Crippen molar-refractivity contribution < 1.29 is 9.53 Å². The van der Waals surface area contributed by atoms with E-state index in [1.165, 1.54) is 10.5 Å². The smallest absolute Gasteiger partial charge is 0.269 e. The molecule has 0 saturated heterocycles. The number of aryl methyl sites for hydroxylation is 1. The van der Waals surface area contributed by atoms with Crippen LogP contribution in [0.3, 0.4) is 0 Å². The molecule has 0 radical (unpaired) electrons. The zero-order valence-corrected chi connectivity index (χ0v) is 18.2. The Morgan fingerprint density at radius 3 is 2.67 bits per heavy atom. The van der Waals surface area contributed by atoms with Gasteiger partial charge in [-0.05, 0) is 67.1 Å². The highest BCUT2D eigenvalue weighted by Gasteiger charge is 2.17. The van der Waals surface area contributed by atoms with Gasteiger partial charge in [-0.1, -0.05) is 29.8 Å². The van der Waals surface area contributed by atoms with Crippen LogP contribution in [0.25, 0.3) is 11.7 Å². The summed E-state index contributed by atoms with van der Waals surface area (Å²) < 4.78 is 7.23. The van der Waals surface area contributed by atoms with Gasteiger partial charge in [-0.15, -0.1) is 0 Å². The molecule has 33 heavy (non-hydrogen) atoms. The predicted octanol–water partition coefficient (Wildman–Crippen LogP) is 4.99. The van der Waals surface area contributed by atoms with E-state index in [9.17, 15) is 14.9 Å². The first-order chi connectivity index (χ1) is 15.9. The predicted molar refractivity (Wildman–Crippen MR) is 126 cm³/mol. The van der Waals surface area contributed by atoms with Crippen LogP contribution >= 0.6 is 11.6 Å². The molecule has 2 aromatic heterocycles. The number of hydrogen-bond acceptors (Lipinski definition) is 5. The van der Waals surface area contributed by atoms with Crippen LogP contribution in [0.15, 0.2) is 83.3 Å². The van der Waals surface area contributed by atoms with E-state index in [1.807, 2.05) is 25.1 Å². The number of nitriles is 1. The molecule has 0 aliphatic rings. The van der Waals surface area contributed by atoms with Crippen LogP contribution in [0.5, 0.6) is 11.6 Å². The summed E-state index contributed by atoms with van der Waals surface area (Å²) in [6.45, 7) is 1.91. The van der Waals surface area contributed by atoms with Crippen molar-refractivity contribution in [3.63, 3.8) is 0 Å². The van der Waals surface area contributed by atoms with Crippen molar-refractivity contribution in [3.8, 4) is 17.7 Å². The zero-order valence-electron chi connectivity index (χ0n) is 17.4. The van der Waals surface area contributed by atoms with Crippen LogP contribution in [-0.4, -0.2) is 15.3 Å². The van der Waals surface area contributed by atoms with E-state index >= 15 is 0 Å². The number of amides is 1. The van der Waals surface area contributed by atoms with Crippen molar-refractivity contribution in [2.75, 3.05) is 5.32 Å². The molecule has 8 heteroatoms. The van der Waals surface area contributed by atoms with Gasteiger partial charge in [-0.2, -0.15) is 10.2 Å². The Kier molecular flexibility index (Phi) is 6.20. The van der Waals surface area contributed by atoms with E-state index in [-0.39, 0.29) is 17.0 Å². The molecular weight excluding hydrogens is 440 g/mol. The number of nitrogens with one attached hydrogen (secondary N) is 1. The molecule has 0 atom stereocenters. The Morgan fingerprint density at radius 2 is 1.94 bits per heavy atom. The van der Waals surface area contributed by atoms with Crippen LogP contribution in [-0.2, 0) is 4.79 Å². The number of rotatable bonds is 5. The largest absolute Gasteiger partial charge is 0.438 e. The molecule has 0 spiro atoms. The fourth-order valence-electron chi connectivity index (χ4n) is 3.10. The molecule has 0 bridgehead atoms. The van der Waals surface area contributed by atoms with Gasteiger partial charge in [-0.3, -0.25) is 14.0 Å². The maximum atomic E-state index is 13.2. The number of benzene rings is 2. The van der Waals surface area contributed by atoms with Crippen molar-refractivity contribution in [2.24, 2.45) is 0 Å². The van der Waals surface area contributed by atoms with Crippen LogP contribution < -0.4 is 15.6 Å². The molecule has 1 amide bonds. The first kappa shape index (κ1) is 21.8. The number of hydrogen-bond donors (Lipinski definition) is 1. The summed E-state index contributed by atoms with van der Waals surface area (Å²) in [5, 5.41) is 12.8. The lowest BCUT2D eigenvalue weighted by atomic mass is 10.1. The highest BCUT2D eigenvalue weighted by atomic mass is 35.5. The lowest BCUT2D eigenvalue weighted by Crippen LogP contribution is -2.20. The fourth-order valence-corrected chi connectivity index (χ4v) is 3.22. The van der Waals surface area contributed by atoms with Crippen LogP contribution in [0.1, 0.15) is 11.1 Å². The molecule has 2 heterocycles. The molecule has 4 rings (SSSR count). The molecule has 7 nitrogen and oxygen atoms in total. The molecule has 0 aliphatic heterocycles. The number of carbonyl (C=O) groups is 1. The molecule has 4 aromatic rings. The highest BCUT2D eigenvalue weighted by Crippen LogP contribution is 2.25. The molecule has 0 aliphatic carbocycles. The Hall–Kier alpha value is -4.41. The standard InChI is InChI=1S/C25H17ClN4O3/c1-16-5-4-6-20(13-16)33-24-21(25(32)30-12-3-2-7-22(30)29-24)14-17(15-27)23(31)28-19-10-8-18(26)9-11-19/h2-14H,1H3,(H,28,31)/b17-14-. The minimum absolute atomic E-state index is 0.0103. The van der Waals surface area contributed by atoms with Gasteiger partial charge in [0.15, 0.2) is 0 Å². The fraction of sp³-hybridized carbons (Fsp3) is 0.0400. The summed E-state index contributed by atoms with van der Waals surface area (Å²) in [5.41, 5.74) is 0.996. The van der Waals surface area contributed by atoms with Gasteiger partial charge in [0.2, 0.25) is 5.88 Å². The van der Waals surface area contributed by atoms with Gasteiger partial charge in [0.05, 0.1) is 0 Å². The molecule has 1 N–H and O–H groups in total. The van der Waals surface area contributed by atoms with Gasteiger partial charge in [0, 0.05) is 16.9 Å². The average molecular weight is 457 g/mol. The van der Waals surface area contributed by atoms with Gasteiger partial charge < -0.3 is 10.1 Å². The Morgan fingerprint density at radius 1 is 1.15 bits per heavy atom. The second kappa shape index (κ2) is 9.39. The lowest BCUT2D eigenvalue weighted by molar-refractivity contribution is -0.112. The second-order valence-electron chi connectivity index (χ2n) is 7.11. The minimum atomic E-state index is -0.682. The van der Waals surface area contributed by atoms with Gasteiger partial charge in [0.25, 0.3) is 11.5 Å². The maximum absolute atomic E-state index is 13.2. The number of carbonyl (C=O) groups excluding carboxylic acids is 1. The van der Waals surface area contributed by atoms with Gasteiger partial charge in [-0.25, -0.2) is 0 Å². The number of aromatic nitrogens is 2. The molecule has 2 aromatic carbocycles. The van der Waals surface area contributed by atoms with E-state index in [4.69, 9.17) is 16.3 Å². The number of nitrogens with zero attached hydrogens (tertiary/aromatic N) is 3. The maximum Gasteiger partial charge on any atom is 0.269 e. The molecule has 0 unspecified atom stereocenters. The van der Waals surface area contributed by atoms with Crippen molar-refractivity contribution >= 4 is 34.9 Å². The second-order valence-corrected chi connectivity index (χ2v) is 7.55. The summed E-state index contributed by atoms with van der Waals surface area (Å²) in [4.78, 5) is 30.4. The van der Waals surface area contributed by atoms with Crippen LogP contribution in [0.2, 0.25) is 5.02 Å². The van der Waals surface area contributed by atoms with E-state index in [2.05, 4.69) is 10.3 Å². The minimum Gasteiger partial charge on any atom is -0.438 e. The third-order valence-electron chi connectivity index (χ3n) is 4.69. The summed E-state index contributed by atoms with van der Waals surface area (Å²) in [7, 11) is 0. The Bertz CT molecular complexity index is 1480. The number of fused-ring (bicyclic) bond motifs is 1. The van der Waals surface area contributed by atoms with Crippen molar-refractivity contribution in [1.82, 2.24) is 9.38 Å². The molecule has 0 saturated carbocycles. The summed E-state index contributed by atoms with van der Waals surface area (Å²) >= 11 is 5.87. The summed E-state index contributed by atoms with van der Waals surface area (Å²) in [6, 6.07) is 20.6. The summed E-state index contributed by atoms with van der Waals surface area (Å²) in [5.74, 6) is -0.219. The third-order valence-corrected chi connectivity index (χ3v) is 4.95. The van der Waals surface area contributed by atoms with Crippen molar-refractivity contribution in [2.45, 2.75) is 6.92 Å². The van der Waals surface area contributed by atoms with E-state index in [0.29, 0.717) is 22.1 Å². The molecule has 0 fully saturated rings. The Balaban J connectivity index is 1.79. The SMILES string of the molecule is Cc1cccc(Oc2nc3ccccn3c(=O)c2/C=C(/C#N)C(=O)Nc2ccc(Cl)cc2)c1. The number of ether oxygens (including phenoxy) is 1. The van der Waals surface area contributed by atoms with Gasteiger partial charge in [0.1, 0.15) is 28.6 Å². The number of halogens is 1. The third kappa shape index (κ3) is 4.92. The van der Waals surface area contributed by atoms with E-state index in [1.54, 1.807) is 60.8 Å². The lowest BCUT2D eigenvalue weighted by Gasteiger charge is -2.11. The topological polar surface area (TPSA) is 96.5 Å². The quantitative estimate of drug-likeness (QED) is 0.337. The van der Waals surface area contributed by atoms with Crippen molar-refractivity contribution in [1.29, 1.82) is 5.26 Å². The van der Waals surface area contributed by atoms with Crippen LogP contribution in [0, 0.1) is 18.3 Å². The normalized spacial score (nSPS) is 11.1. The number of pyridine rings is 1. The Labute approximate surface area is 194 Å². The zero-order chi connectivity index (χ0) is 23.4. The summed E-state index contributed by atoms with van der Waals surface area (Å²) in [6.07, 6.45) is 2.74. The molecule has 162 valence electrons. The highest BCUT2D eigenvalue weighted by molar-refractivity contribution is 6.30. The first-order valence-corrected chi connectivity index (χ1v) is 10.3. The first-order valence-electron chi connectivity index (χ1n) is 9.89. The van der Waals surface area contributed by atoms with Gasteiger partial charge >= 0.3 is 0 Å². The monoisotopic (exact) mass is 456 g/mol. The average Bonchev–Trinajstić information content (AvgIpc) is 2.80. The number of anilines is 1. The van der Waals surface area contributed by atoms with E-state index in [0.717, 1.165) is 5.56 Å². The van der Waals surface area contributed by atoms with Crippen LogP contribution in [0.4, 0.5) is 5.69 Å². The van der Waals surface area contributed by atoms with E-state index < -0.39 is 11.5 Å².